The van der Waals surface area contributed by atoms with E-state index < -0.39 is 10.0 Å². The summed E-state index contributed by atoms with van der Waals surface area (Å²) >= 11 is 1.65. The lowest BCUT2D eigenvalue weighted by molar-refractivity contribution is -0.126. The van der Waals surface area contributed by atoms with E-state index in [0.717, 1.165) is 6.42 Å². The summed E-state index contributed by atoms with van der Waals surface area (Å²) in [4.78, 5) is 12.0. The number of carbonyl (C=O) groups excluding carboxylic acids is 1. The molecule has 2 heterocycles. The summed E-state index contributed by atoms with van der Waals surface area (Å²) in [6, 6.07) is 2.06. The fourth-order valence-electron chi connectivity index (χ4n) is 2.36. The topological polar surface area (TPSA) is 66.5 Å². The molecule has 0 radical (unpaired) electrons. The van der Waals surface area contributed by atoms with Gasteiger partial charge in [-0.15, -0.1) is 0 Å². The second kappa shape index (κ2) is 6.69. The highest BCUT2D eigenvalue weighted by Crippen LogP contribution is 2.19. The number of hydrogen-bond acceptors (Lipinski definition) is 4. The van der Waals surface area contributed by atoms with Gasteiger partial charge in [-0.05, 0) is 41.7 Å². The van der Waals surface area contributed by atoms with Crippen molar-refractivity contribution in [3.05, 3.63) is 22.4 Å². The second-order valence-electron chi connectivity index (χ2n) is 5.11. The van der Waals surface area contributed by atoms with Crippen molar-refractivity contribution in [3.8, 4) is 0 Å². The SMILES string of the molecule is CS(=O)(=O)N1CCC(C(=O)NCCc2ccsc2)CC1. The molecule has 0 spiro atoms. The highest BCUT2D eigenvalue weighted by molar-refractivity contribution is 7.88. The van der Waals surface area contributed by atoms with Gasteiger partial charge in [0.05, 0.1) is 6.26 Å². The lowest BCUT2D eigenvalue weighted by Crippen LogP contribution is -2.42. The van der Waals surface area contributed by atoms with Crippen LogP contribution in [0.4, 0.5) is 0 Å². The Balaban J connectivity index is 1.72. The monoisotopic (exact) mass is 316 g/mol. The summed E-state index contributed by atoms with van der Waals surface area (Å²) in [6.45, 7) is 1.53. The lowest BCUT2D eigenvalue weighted by Gasteiger charge is -2.29. The number of carbonyl (C=O) groups is 1. The molecule has 1 aromatic heterocycles. The quantitative estimate of drug-likeness (QED) is 0.884. The minimum Gasteiger partial charge on any atom is -0.356 e. The molecule has 0 unspecified atom stereocenters. The zero-order valence-electron chi connectivity index (χ0n) is 11.5. The molecular weight excluding hydrogens is 296 g/mol. The number of sulfonamides is 1. The molecule has 1 aliphatic rings. The van der Waals surface area contributed by atoms with Gasteiger partial charge in [-0.25, -0.2) is 12.7 Å². The number of nitrogens with zero attached hydrogens (tertiary/aromatic N) is 1. The normalized spacial score (nSPS) is 18.1. The summed E-state index contributed by atoms with van der Waals surface area (Å²) in [7, 11) is -3.12. The predicted octanol–water partition coefficient (Wildman–Crippen LogP) is 1.08. The van der Waals surface area contributed by atoms with Gasteiger partial charge in [0.2, 0.25) is 15.9 Å². The summed E-state index contributed by atoms with van der Waals surface area (Å²) in [6.07, 6.45) is 3.28. The average Bonchev–Trinajstić information content (AvgIpc) is 2.91. The first kappa shape index (κ1) is 15.5. The number of amides is 1. The van der Waals surface area contributed by atoms with Crippen molar-refractivity contribution < 1.29 is 13.2 Å². The summed E-state index contributed by atoms with van der Waals surface area (Å²) in [5, 5.41) is 7.05. The van der Waals surface area contributed by atoms with Crippen LogP contribution in [0.25, 0.3) is 0 Å². The highest BCUT2D eigenvalue weighted by atomic mass is 32.2. The van der Waals surface area contributed by atoms with Crippen LogP contribution < -0.4 is 5.32 Å². The molecule has 0 saturated carbocycles. The van der Waals surface area contributed by atoms with Crippen molar-refractivity contribution in [2.75, 3.05) is 25.9 Å². The van der Waals surface area contributed by atoms with Crippen LogP contribution in [0.3, 0.4) is 0 Å². The van der Waals surface area contributed by atoms with E-state index in [9.17, 15) is 13.2 Å². The average molecular weight is 316 g/mol. The number of rotatable bonds is 5. The Morgan fingerprint density at radius 2 is 2.15 bits per heavy atom. The maximum absolute atomic E-state index is 12.0. The van der Waals surface area contributed by atoms with Gasteiger partial charge in [-0.2, -0.15) is 11.3 Å². The number of thiophene rings is 1. The smallest absolute Gasteiger partial charge is 0.223 e. The molecule has 0 aromatic carbocycles. The number of piperidine rings is 1. The molecule has 1 aromatic rings. The molecule has 7 heteroatoms. The molecule has 1 amide bonds. The molecule has 20 heavy (non-hydrogen) atoms. The molecule has 0 aliphatic carbocycles. The number of nitrogens with one attached hydrogen (secondary N) is 1. The third-order valence-corrected chi connectivity index (χ3v) is 5.62. The maximum Gasteiger partial charge on any atom is 0.223 e. The van der Waals surface area contributed by atoms with E-state index in [4.69, 9.17) is 0 Å². The molecule has 2 rings (SSSR count). The van der Waals surface area contributed by atoms with E-state index in [1.165, 1.54) is 16.1 Å². The van der Waals surface area contributed by atoms with Crippen molar-refractivity contribution in [1.29, 1.82) is 0 Å². The van der Waals surface area contributed by atoms with E-state index in [-0.39, 0.29) is 11.8 Å². The largest absolute Gasteiger partial charge is 0.356 e. The van der Waals surface area contributed by atoms with E-state index >= 15 is 0 Å². The van der Waals surface area contributed by atoms with Crippen LogP contribution >= 0.6 is 11.3 Å². The fraction of sp³-hybridized carbons (Fsp3) is 0.615. The van der Waals surface area contributed by atoms with Crippen LogP contribution in [0.5, 0.6) is 0 Å². The van der Waals surface area contributed by atoms with Crippen molar-refractivity contribution in [2.45, 2.75) is 19.3 Å². The molecule has 1 fully saturated rings. The highest BCUT2D eigenvalue weighted by Gasteiger charge is 2.28. The Labute approximate surface area is 124 Å². The van der Waals surface area contributed by atoms with Gasteiger partial charge >= 0.3 is 0 Å². The Hall–Kier alpha value is -0.920. The van der Waals surface area contributed by atoms with Gasteiger partial charge < -0.3 is 5.32 Å². The van der Waals surface area contributed by atoms with Crippen LogP contribution in [0.2, 0.25) is 0 Å². The third-order valence-electron chi connectivity index (χ3n) is 3.59. The lowest BCUT2D eigenvalue weighted by atomic mass is 9.97. The molecule has 0 atom stereocenters. The van der Waals surface area contributed by atoms with Crippen molar-refractivity contribution in [3.63, 3.8) is 0 Å². The zero-order chi connectivity index (χ0) is 14.6. The Morgan fingerprint density at radius 3 is 2.70 bits per heavy atom. The first-order valence-electron chi connectivity index (χ1n) is 6.71. The van der Waals surface area contributed by atoms with Crippen LogP contribution in [-0.4, -0.2) is 44.5 Å². The third kappa shape index (κ3) is 4.29. The van der Waals surface area contributed by atoms with Gasteiger partial charge in [-0.3, -0.25) is 4.79 Å². The van der Waals surface area contributed by atoms with Gasteiger partial charge in [-0.1, -0.05) is 0 Å². The Bertz CT molecular complexity index is 532. The maximum atomic E-state index is 12.0. The van der Waals surface area contributed by atoms with Crippen molar-refractivity contribution >= 4 is 27.3 Å². The predicted molar refractivity (Wildman–Crippen MR) is 80.2 cm³/mol. The standard InChI is InChI=1S/C13H20N2O3S2/c1-20(17,18)15-7-3-12(4-8-15)13(16)14-6-2-11-5-9-19-10-11/h5,9-10,12H,2-4,6-8H2,1H3,(H,14,16). The van der Waals surface area contributed by atoms with Gasteiger partial charge in [0, 0.05) is 25.6 Å². The fourth-order valence-corrected chi connectivity index (χ4v) is 3.94. The first-order chi connectivity index (χ1) is 9.47. The van der Waals surface area contributed by atoms with E-state index in [2.05, 4.69) is 16.8 Å². The summed E-state index contributed by atoms with van der Waals surface area (Å²) in [5.41, 5.74) is 1.24. The minimum atomic E-state index is -3.12. The zero-order valence-corrected chi connectivity index (χ0v) is 13.2. The molecule has 0 bridgehead atoms. The molecular formula is C13H20N2O3S2. The van der Waals surface area contributed by atoms with Crippen LogP contribution in [-0.2, 0) is 21.2 Å². The molecule has 1 N–H and O–H groups in total. The second-order valence-corrected chi connectivity index (χ2v) is 7.87. The Morgan fingerprint density at radius 1 is 1.45 bits per heavy atom. The summed E-state index contributed by atoms with van der Waals surface area (Å²) in [5.74, 6) is -0.0103. The van der Waals surface area contributed by atoms with Crippen LogP contribution in [0.15, 0.2) is 16.8 Å². The summed E-state index contributed by atoms with van der Waals surface area (Å²) < 4.78 is 24.2. The molecule has 1 aliphatic heterocycles. The number of hydrogen-bond donors (Lipinski definition) is 1. The van der Waals surface area contributed by atoms with Gasteiger partial charge in [0.15, 0.2) is 0 Å². The van der Waals surface area contributed by atoms with E-state index in [1.54, 1.807) is 11.3 Å². The van der Waals surface area contributed by atoms with Crippen molar-refractivity contribution in [2.24, 2.45) is 5.92 Å². The van der Waals surface area contributed by atoms with Gasteiger partial charge in [0.1, 0.15) is 0 Å². The molecule has 112 valence electrons. The van der Waals surface area contributed by atoms with Gasteiger partial charge in [0.25, 0.3) is 0 Å². The van der Waals surface area contributed by atoms with Crippen LogP contribution in [0.1, 0.15) is 18.4 Å². The van der Waals surface area contributed by atoms with E-state index in [1.807, 2.05) is 5.38 Å². The molecule has 1 saturated heterocycles. The van der Waals surface area contributed by atoms with E-state index in [0.29, 0.717) is 32.5 Å². The van der Waals surface area contributed by atoms with Crippen molar-refractivity contribution in [1.82, 2.24) is 9.62 Å². The first-order valence-corrected chi connectivity index (χ1v) is 9.50. The molecule has 5 nitrogen and oxygen atoms in total. The van der Waals surface area contributed by atoms with Crippen LogP contribution in [0, 0.1) is 5.92 Å². The minimum absolute atomic E-state index is 0.0494. The Kier molecular flexibility index (Phi) is 5.17.